The van der Waals surface area contributed by atoms with Gasteiger partial charge in [-0.1, -0.05) is 6.92 Å². The summed E-state index contributed by atoms with van der Waals surface area (Å²) in [6, 6.07) is 0.624. The van der Waals surface area contributed by atoms with Crippen LogP contribution < -0.4 is 11.1 Å². The van der Waals surface area contributed by atoms with Crippen molar-refractivity contribution in [1.29, 1.82) is 0 Å². The lowest BCUT2D eigenvalue weighted by Crippen LogP contribution is -2.38. The third kappa shape index (κ3) is 2.83. The van der Waals surface area contributed by atoms with Crippen LogP contribution in [0, 0.1) is 5.82 Å². The molecule has 0 bridgehead atoms. The highest BCUT2D eigenvalue weighted by Gasteiger charge is 2.25. The molecule has 0 radical (unpaired) electrons. The van der Waals surface area contributed by atoms with Crippen LogP contribution in [0.3, 0.4) is 0 Å². The third-order valence-electron chi connectivity index (χ3n) is 2.99. The lowest BCUT2D eigenvalue weighted by Gasteiger charge is -2.19. The van der Waals surface area contributed by atoms with Crippen LogP contribution >= 0.6 is 27.3 Å². The van der Waals surface area contributed by atoms with Gasteiger partial charge in [-0.3, -0.25) is 0 Å². The molecule has 0 amide bonds. The van der Waals surface area contributed by atoms with Crippen molar-refractivity contribution in [3.8, 4) is 0 Å². The molecule has 0 aliphatic heterocycles. The Hall–Kier alpha value is 0.0300. The van der Waals surface area contributed by atoms with Gasteiger partial charge in [-0.05, 0) is 28.8 Å². The maximum Gasteiger partial charge on any atom is 0.151 e. The lowest BCUT2D eigenvalue weighted by molar-refractivity contribution is 0.498. The van der Waals surface area contributed by atoms with E-state index in [1.807, 2.05) is 6.92 Å². The minimum Gasteiger partial charge on any atom is -0.326 e. The van der Waals surface area contributed by atoms with E-state index in [-0.39, 0.29) is 17.8 Å². The minimum absolute atomic E-state index is 0.0272. The molecular weight excluding hydrogens is 291 g/mol. The Morgan fingerprint density at radius 1 is 1.69 bits per heavy atom. The van der Waals surface area contributed by atoms with E-state index >= 15 is 0 Å². The summed E-state index contributed by atoms with van der Waals surface area (Å²) in [5, 5.41) is 5.16. The molecule has 1 saturated carbocycles. The number of hydrogen-bond acceptors (Lipinski definition) is 3. The van der Waals surface area contributed by atoms with E-state index in [2.05, 4.69) is 21.2 Å². The summed E-state index contributed by atoms with van der Waals surface area (Å²) in [4.78, 5) is 0.747. The van der Waals surface area contributed by atoms with Crippen molar-refractivity contribution in [2.24, 2.45) is 5.73 Å². The quantitative estimate of drug-likeness (QED) is 0.878. The fraction of sp³-hybridized carbons (Fsp3) is 0.636. The molecule has 1 aromatic rings. The second-order valence-electron chi connectivity index (χ2n) is 4.40. The first-order chi connectivity index (χ1) is 7.59. The molecule has 1 aromatic heterocycles. The summed E-state index contributed by atoms with van der Waals surface area (Å²) >= 11 is 4.62. The van der Waals surface area contributed by atoms with E-state index in [0.29, 0.717) is 10.5 Å². The molecule has 90 valence electrons. The van der Waals surface area contributed by atoms with Gasteiger partial charge in [0.15, 0.2) is 5.82 Å². The topological polar surface area (TPSA) is 38.0 Å². The van der Waals surface area contributed by atoms with Crippen molar-refractivity contribution in [3.63, 3.8) is 0 Å². The van der Waals surface area contributed by atoms with E-state index < -0.39 is 0 Å². The molecule has 2 nitrogen and oxygen atoms in total. The molecule has 0 saturated heterocycles. The number of hydrogen-bond donors (Lipinski definition) is 2. The van der Waals surface area contributed by atoms with E-state index in [1.54, 1.807) is 5.38 Å². The van der Waals surface area contributed by atoms with E-state index in [1.165, 1.54) is 24.2 Å². The van der Waals surface area contributed by atoms with Crippen molar-refractivity contribution in [1.82, 2.24) is 5.32 Å². The van der Waals surface area contributed by atoms with Gasteiger partial charge >= 0.3 is 0 Å². The van der Waals surface area contributed by atoms with E-state index in [9.17, 15) is 4.39 Å². The minimum atomic E-state index is -0.153. The monoisotopic (exact) mass is 306 g/mol. The van der Waals surface area contributed by atoms with Gasteiger partial charge in [-0.2, -0.15) is 0 Å². The van der Waals surface area contributed by atoms with Crippen LogP contribution in [0.2, 0.25) is 0 Å². The maximum absolute atomic E-state index is 13.7. The second-order valence-corrected chi connectivity index (χ2v) is 6.16. The normalized spacial score (nSPS) is 19.8. The van der Waals surface area contributed by atoms with Crippen molar-refractivity contribution in [2.75, 3.05) is 6.54 Å². The third-order valence-corrected chi connectivity index (χ3v) is 5.03. The average Bonchev–Trinajstić information content (AvgIpc) is 3.03. The summed E-state index contributed by atoms with van der Waals surface area (Å²) in [5.74, 6) is -0.0954. The van der Waals surface area contributed by atoms with Gasteiger partial charge in [0.2, 0.25) is 0 Å². The Labute approximate surface area is 108 Å². The Balaban J connectivity index is 1.94. The van der Waals surface area contributed by atoms with E-state index in [0.717, 1.165) is 11.4 Å². The van der Waals surface area contributed by atoms with Crippen LogP contribution in [-0.2, 0) is 0 Å². The largest absolute Gasteiger partial charge is 0.326 e. The fourth-order valence-electron chi connectivity index (χ4n) is 1.61. The average molecular weight is 307 g/mol. The van der Waals surface area contributed by atoms with Crippen molar-refractivity contribution in [3.05, 3.63) is 20.5 Å². The molecule has 3 N–H and O–H groups in total. The Morgan fingerprint density at radius 3 is 2.88 bits per heavy atom. The zero-order valence-electron chi connectivity index (χ0n) is 9.17. The molecule has 1 aliphatic rings. The fourth-order valence-corrected chi connectivity index (χ4v) is 3.17. The predicted octanol–water partition coefficient (Wildman–Crippen LogP) is 2.83. The lowest BCUT2D eigenvalue weighted by atomic mass is 10.0. The molecule has 2 rings (SSSR count). The molecule has 2 unspecified atom stereocenters. The number of thiophene rings is 1. The van der Waals surface area contributed by atoms with E-state index in [4.69, 9.17) is 5.73 Å². The van der Waals surface area contributed by atoms with Gasteiger partial charge in [0.05, 0.1) is 4.47 Å². The van der Waals surface area contributed by atoms with Crippen molar-refractivity contribution < 1.29 is 4.39 Å². The molecule has 5 heteroatoms. The summed E-state index contributed by atoms with van der Waals surface area (Å²) in [6.45, 7) is 2.75. The number of nitrogens with one attached hydrogen (secondary N) is 1. The summed E-state index contributed by atoms with van der Waals surface area (Å²) in [7, 11) is 0. The Bertz CT molecular complexity index is 365. The smallest absolute Gasteiger partial charge is 0.151 e. The first-order valence-corrected chi connectivity index (χ1v) is 7.18. The standard InChI is InChI=1S/C11H16BrFN2S/c1-6(9(14)4-15-7-2-3-7)11-10(13)8(12)5-16-11/h5-7,9,15H,2-4,14H2,1H3. The zero-order valence-corrected chi connectivity index (χ0v) is 11.6. The molecule has 1 fully saturated rings. The molecular formula is C11H16BrFN2S. The van der Waals surface area contributed by atoms with Crippen LogP contribution in [0.4, 0.5) is 4.39 Å². The summed E-state index contributed by atoms with van der Waals surface area (Å²) in [6.07, 6.45) is 2.50. The van der Waals surface area contributed by atoms with Crippen molar-refractivity contribution in [2.45, 2.75) is 37.8 Å². The van der Waals surface area contributed by atoms with Crippen LogP contribution in [0.5, 0.6) is 0 Å². The van der Waals surface area contributed by atoms with Crippen molar-refractivity contribution >= 4 is 27.3 Å². The highest BCUT2D eigenvalue weighted by atomic mass is 79.9. The predicted molar refractivity (Wildman–Crippen MR) is 69.4 cm³/mol. The SMILES string of the molecule is CC(c1scc(Br)c1F)C(N)CNC1CC1. The first-order valence-electron chi connectivity index (χ1n) is 5.51. The molecule has 0 spiro atoms. The van der Waals surface area contributed by atoms with Gasteiger partial charge in [0.1, 0.15) is 0 Å². The molecule has 16 heavy (non-hydrogen) atoms. The molecule has 1 aliphatic carbocycles. The summed E-state index contributed by atoms with van der Waals surface area (Å²) in [5.41, 5.74) is 6.07. The zero-order chi connectivity index (χ0) is 11.7. The Kier molecular flexibility index (Phi) is 4.00. The van der Waals surface area contributed by atoms with Gasteiger partial charge in [0, 0.05) is 34.8 Å². The number of nitrogens with two attached hydrogens (primary N) is 1. The first kappa shape index (κ1) is 12.5. The highest BCUT2D eigenvalue weighted by Crippen LogP contribution is 2.32. The van der Waals surface area contributed by atoms with Crippen LogP contribution in [-0.4, -0.2) is 18.6 Å². The highest BCUT2D eigenvalue weighted by molar-refractivity contribution is 9.10. The molecule has 1 heterocycles. The van der Waals surface area contributed by atoms with Crippen LogP contribution in [0.1, 0.15) is 30.6 Å². The van der Waals surface area contributed by atoms with Gasteiger partial charge < -0.3 is 11.1 Å². The number of halogens is 2. The maximum atomic E-state index is 13.7. The second kappa shape index (κ2) is 5.12. The Morgan fingerprint density at radius 2 is 2.38 bits per heavy atom. The van der Waals surface area contributed by atoms with Crippen LogP contribution in [0.15, 0.2) is 9.85 Å². The van der Waals surface area contributed by atoms with Gasteiger partial charge in [0.25, 0.3) is 0 Å². The molecule has 0 aromatic carbocycles. The molecule has 2 atom stereocenters. The van der Waals surface area contributed by atoms with Gasteiger partial charge in [-0.15, -0.1) is 11.3 Å². The van der Waals surface area contributed by atoms with Gasteiger partial charge in [-0.25, -0.2) is 4.39 Å². The van der Waals surface area contributed by atoms with Crippen LogP contribution in [0.25, 0.3) is 0 Å². The summed E-state index contributed by atoms with van der Waals surface area (Å²) < 4.78 is 14.2. The number of rotatable bonds is 5.